The van der Waals surface area contributed by atoms with Crippen LogP contribution in [-0.4, -0.2) is 44.8 Å². The van der Waals surface area contributed by atoms with Crippen LogP contribution in [0.1, 0.15) is 25.8 Å². The Balaban J connectivity index is 1.74. The van der Waals surface area contributed by atoms with Crippen molar-refractivity contribution in [3.8, 4) is 28.3 Å². The molecule has 0 spiro atoms. The molecular weight excluding hydrogens is 426 g/mol. The first-order valence-electron chi connectivity index (χ1n) is 10.4. The van der Waals surface area contributed by atoms with E-state index in [9.17, 15) is 0 Å². The number of hydrogen-bond donors (Lipinski definition) is 0. The Kier molecular flexibility index (Phi) is 6.13. The van der Waals surface area contributed by atoms with Crippen molar-refractivity contribution in [2.75, 3.05) is 14.2 Å². The first-order valence-corrected chi connectivity index (χ1v) is 10.7. The van der Waals surface area contributed by atoms with Gasteiger partial charge in [0.2, 0.25) is 5.88 Å². The average molecular weight is 452 g/mol. The molecule has 32 heavy (non-hydrogen) atoms. The number of hydrogen-bond acceptors (Lipinski definition) is 6. The molecule has 166 valence electrons. The van der Waals surface area contributed by atoms with Crippen LogP contribution in [0.2, 0.25) is 5.15 Å². The SMILES string of the molecule is COc1cc2ccc(-c3nc(Cl)c(C)cc3-c3cnn(CCC(C)(C)OC)c3)cc2nn1. The number of ether oxygens (including phenoxy) is 2. The summed E-state index contributed by atoms with van der Waals surface area (Å²) in [6, 6.07) is 9.86. The molecule has 8 heteroatoms. The number of rotatable bonds is 7. The molecule has 0 aliphatic carbocycles. The van der Waals surface area contributed by atoms with Crippen molar-refractivity contribution in [2.45, 2.75) is 39.3 Å². The number of fused-ring (bicyclic) bond motifs is 1. The highest BCUT2D eigenvalue weighted by Crippen LogP contribution is 2.34. The van der Waals surface area contributed by atoms with E-state index in [1.807, 2.05) is 48.3 Å². The summed E-state index contributed by atoms with van der Waals surface area (Å²) in [6.07, 6.45) is 4.74. The Morgan fingerprint density at radius 3 is 2.62 bits per heavy atom. The minimum atomic E-state index is -0.204. The van der Waals surface area contributed by atoms with Gasteiger partial charge in [0.25, 0.3) is 0 Å². The Bertz CT molecular complexity index is 1270. The first kappa shape index (κ1) is 22.2. The smallest absolute Gasteiger partial charge is 0.233 e. The number of pyridine rings is 1. The molecular formula is C24H26ClN5O2. The van der Waals surface area contributed by atoms with Crippen molar-refractivity contribution in [3.05, 3.63) is 53.4 Å². The molecule has 0 saturated carbocycles. The topological polar surface area (TPSA) is 75.0 Å². The van der Waals surface area contributed by atoms with Crippen LogP contribution in [0.25, 0.3) is 33.3 Å². The summed E-state index contributed by atoms with van der Waals surface area (Å²) in [4.78, 5) is 4.70. The van der Waals surface area contributed by atoms with E-state index < -0.39 is 0 Å². The van der Waals surface area contributed by atoms with Gasteiger partial charge in [-0.1, -0.05) is 23.7 Å². The zero-order chi connectivity index (χ0) is 22.9. The van der Waals surface area contributed by atoms with Gasteiger partial charge in [-0.2, -0.15) is 5.10 Å². The van der Waals surface area contributed by atoms with Crippen LogP contribution in [0.15, 0.2) is 42.7 Å². The predicted molar refractivity (Wildman–Crippen MR) is 126 cm³/mol. The molecule has 0 unspecified atom stereocenters. The van der Waals surface area contributed by atoms with E-state index in [4.69, 9.17) is 26.1 Å². The molecule has 7 nitrogen and oxygen atoms in total. The molecule has 0 aliphatic heterocycles. The second-order valence-corrected chi connectivity index (χ2v) is 8.72. The maximum atomic E-state index is 6.41. The van der Waals surface area contributed by atoms with Crippen molar-refractivity contribution < 1.29 is 9.47 Å². The summed E-state index contributed by atoms with van der Waals surface area (Å²) in [7, 11) is 3.30. The molecule has 0 bridgehead atoms. The number of aryl methyl sites for hydroxylation is 2. The molecule has 0 saturated heterocycles. The average Bonchev–Trinajstić information content (AvgIpc) is 3.27. The predicted octanol–water partition coefficient (Wildman–Crippen LogP) is 5.34. The highest BCUT2D eigenvalue weighted by molar-refractivity contribution is 6.30. The van der Waals surface area contributed by atoms with Crippen LogP contribution in [-0.2, 0) is 11.3 Å². The van der Waals surface area contributed by atoms with Crippen molar-refractivity contribution in [3.63, 3.8) is 0 Å². The second kappa shape index (κ2) is 8.84. The molecule has 4 rings (SSSR count). The minimum absolute atomic E-state index is 0.204. The summed E-state index contributed by atoms with van der Waals surface area (Å²) in [5.41, 5.74) is 5.08. The third-order valence-corrected chi connectivity index (χ3v) is 6.02. The molecule has 3 aromatic heterocycles. The summed E-state index contributed by atoms with van der Waals surface area (Å²) < 4.78 is 12.6. The first-order chi connectivity index (χ1) is 15.3. The lowest BCUT2D eigenvalue weighted by Gasteiger charge is -2.22. The molecule has 1 aromatic carbocycles. The fraction of sp³-hybridized carbons (Fsp3) is 0.333. The summed E-state index contributed by atoms with van der Waals surface area (Å²) >= 11 is 6.41. The highest BCUT2D eigenvalue weighted by atomic mass is 35.5. The molecule has 3 heterocycles. The largest absolute Gasteiger partial charge is 0.480 e. The van der Waals surface area contributed by atoms with E-state index in [0.717, 1.165) is 51.8 Å². The van der Waals surface area contributed by atoms with Gasteiger partial charge in [0.15, 0.2) is 0 Å². The molecule has 0 fully saturated rings. The maximum absolute atomic E-state index is 6.41. The van der Waals surface area contributed by atoms with Crippen LogP contribution in [0.3, 0.4) is 0 Å². The molecule has 0 atom stereocenters. The van der Waals surface area contributed by atoms with Crippen LogP contribution in [0.4, 0.5) is 0 Å². The molecule has 4 aromatic rings. The molecule has 0 N–H and O–H groups in total. The molecule has 0 amide bonds. The van der Waals surface area contributed by atoms with Crippen molar-refractivity contribution in [1.82, 2.24) is 25.0 Å². The third kappa shape index (κ3) is 4.59. The number of benzene rings is 1. The number of aromatic nitrogens is 5. The van der Waals surface area contributed by atoms with Gasteiger partial charge >= 0.3 is 0 Å². The lowest BCUT2D eigenvalue weighted by Crippen LogP contribution is -2.24. The fourth-order valence-electron chi connectivity index (χ4n) is 3.41. The van der Waals surface area contributed by atoms with E-state index in [1.54, 1.807) is 14.2 Å². The van der Waals surface area contributed by atoms with E-state index in [2.05, 4.69) is 35.2 Å². The lowest BCUT2D eigenvalue weighted by molar-refractivity contribution is 0.0113. The Hall–Kier alpha value is -3.03. The van der Waals surface area contributed by atoms with Gasteiger partial charge < -0.3 is 9.47 Å². The fourth-order valence-corrected chi connectivity index (χ4v) is 3.55. The minimum Gasteiger partial charge on any atom is -0.480 e. The second-order valence-electron chi connectivity index (χ2n) is 8.36. The molecule has 0 radical (unpaired) electrons. The zero-order valence-corrected chi connectivity index (χ0v) is 19.6. The third-order valence-electron chi connectivity index (χ3n) is 5.64. The number of methoxy groups -OCH3 is 2. The summed E-state index contributed by atoms with van der Waals surface area (Å²) in [6.45, 7) is 6.84. The Morgan fingerprint density at radius 1 is 1.06 bits per heavy atom. The Morgan fingerprint density at radius 2 is 1.88 bits per heavy atom. The van der Waals surface area contributed by atoms with E-state index in [1.165, 1.54) is 0 Å². The van der Waals surface area contributed by atoms with Gasteiger partial charge in [-0.15, -0.1) is 10.2 Å². The van der Waals surface area contributed by atoms with Gasteiger partial charge in [-0.3, -0.25) is 4.68 Å². The van der Waals surface area contributed by atoms with Crippen molar-refractivity contribution in [1.29, 1.82) is 0 Å². The summed E-state index contributed by atoms with van der Waals surface area (Å²) in [5, 5.41) is 14.3. The van der Waals surface area contributed by atoms with Gasteiger partial charge in [0, 0.05) is 48.0 Å². The van der Waals surface area contributed by atoms with E-state index in [-0.39, 0.29) is 5.60 Å². The van der Waals surface area contributed by atoms with Gasteiger partial charge in [0.05, 0.1) is 30.1 Å². The monoisotopic (exact) mass is 451 g/mol. The Labute approximate surface area is 192 Å². The lowest BCUT2D eigenvalue weighted by atomic mass is 9.99. The van der Waals surface area contributed by atoms with Crippen molar-refractivity contribution in [2.24, 2.45) is 0 Å². The van der Waals surface area contributed by atoms with Crippen LogP contribution in [0.5, 0.6) is 5.88 Å². The highest BCUT2D eigenvalue weighted by Gasteiger charge is 2.18. The normalized spacial score (nSPS) is 11.8. The maximum Gasteiger partial charge on any atom is 0.233 e. The van der Waals surface area contributed by atoms with E-state index >= 15 is 0 Å². The number of nitrogens with zero attached hydrogens (tertiary/aromatic N) is 5. The van der Waals surface area contributed by atoms with Gasteiger partial charge in [0.1, 0.15) is 5.15 Å². The number of halogens is 1. The summed E-state index contributed by atoms with van der Waals surface area (Å²) in [5.74, 6) is 0.478. The van der Waals surface area contributed by atoms with Crippen LogP contribution >= 0.6 is 11.6 Å². The molecule has 0 aliphatic rings. The zero-order valence-electron chi connectivity index (χ0n) is 18.9. The van der Waals surface area contributed by atoms with Crippen molar-refractivity contribution >= 4 is 22.5 Å². The van der Waals surface area contributed by atoms with Gasteiger partial charge in [-0.25, -0.2) is 4.98 Å². The standard InChI is InChI=1S/C24H26ClN5O2/c1-15-10-19(18-13-26-30(14-18)9-8-24(2,3)32-5)22(27-23(15)25)17-7-6-16-12-21(31-4)29-28-20(16)11-17/h6-7,10-14H,8-9H2,1-5H3. The van der Waals surface area contributed by atoms with Crippen LogP contribution < -0.4 is 4.74 Å². The quantitative estimate of drug-likeness (QED) is 0.353. The van der Waals surface area contributed by atoms with Gasteiger partial charge in [-0.05, 0) is 44.9 Å². The van der Waals surface area contributed by atoms with E-state index in [0.29, 0.717) is 11.0 Å². The van der Waals surface area contributed by atoms with Crippen LogP contribution in [0, 0.1) is 6.92 Å².